The molecule has 15 atom stereocenters. The highest BCUT2D eigenvalue weighted by Crippen LogP contribution is 2.46. The fourth-order valence-corrected chi connectivity index (χ4v) is 18.8. The number of esters is 4. The van der Waals surface area contributed by atoms with E-state index in [2.05, 4.69) is 13.2 Å². The molecule has 27 heteroatoms. The van der Waals surface area contributed by atoms with Gasteiger partial charge in [0.05, 0.1) is 42.1 Å². The maximum atomic E-state index is 15.5. The monoisotopic (exact) mass is 1380 g/mol. The zero-order valence-corrected chi connectivity index (χ0v) is 58.4. The predicted molar refractivity (Wildman–Crippen MR) is 351 cm³/mol. The number of hydrogen-bond acceptors (Lipinski definition) is 22. The minimum Gasteiger partial charge on any atom is -0.463 e. The van der Waals surface area contributed by atoms with Crippen LogP contribution in [0.1, 0.15) is 111 Å². The number of carbonyl (C=O) groups excluding carboxylic acids is 9. The van der Waals surface area contributed by atoms with Crippen molar-refractivity contribution in [2.75, 3.05) is 26.4 Å². The number of nitrogens with zero attached hydrogens (tertiary/aromatic N) is 2. The van der Waals surface area contributed by atoms with Crippen molar-refractivity contribution in [2.24, 2.45) is 5.73 Å². The van der Waals surface area contributed by atoms with E-state index in [4.69, 9.17) is 66.7 Å². The summed E-state index contributed by atoms with van der Waals surface area (Å²) >= 11 is 0. The number of fused-ring (bicyclic) bond motifs is 2. The number of carbonyl (C=O) groups is 9. The second-order valence-electron chi connectivity index (χ2n) is 26.7. The Morgan fingerprint density at radius 3 is 1.34 bits per heavy atom. The number of amides is 5. The van der Waals surface area contributed by atoms with E-state index < -0.39 is 185 Å². The van der Waals surface area contributed by atoms with Crippen molar-refractivity contribution in [3.63, 3.8) is 0 Å². The molecule has 3 saturated heterocycles. The summed E-state index contributed by atoms with van der Waals surface area (Å²) in [5, 5.41) is 0.279. The zero-order chi connectivity index (χ0) is 70.6. The molecule has 1 unspecified atom stereocenters. The van der Waals surface area contributed by atoms with Gasteiger partial charge in [0, 0.05) is 27.7 Å². The second kappa shape index (κ2) is 30.0. The van der Waals surface area contributed by atoms with Gasteiger partial charge in [-0.1, -0.05) is 139 Å². The largest absolute Gasteiger partial charge is 0.463 e. The number of benzene rings is 4. The van der Waals surface area contributed by atoms with E-state index >= 15 is 19.2 Å². The van der Waals surface area contributed by atoms with Crippen LogP contribution in [0.5, 0.6) is 0 Å². The molecule has 4 aromatic rings. The number of nitrogens with two attached hydrogens (primary N) is 1. The van der Waals surface area contributed by atoms with Crippen LogP contribution in [0.15, 0.2) is 135 Å². The summed E-state index contributed by atoms with van der Waals surface area (Å²) in [6, 6.07) is 26.8. The van der Waals surface area contributed by atoms with Crippen molar-refractivity contribution in [1.82, 2.24) is 9.80 Å². The van der Waals surface area contributed by atoms with Crippen molar-refractivity contribution in [2.45, 2.75) is 184 Å². The molecule has 520 valence electrons. The Morgan fingerprint density at radius 2 is 0.938 bits per heavy atom. The maximum absolute atomic E-state index is 15.5. The van der Waals surface area contributed by atoms with E-state index in [0.29, 0.717) is 0 Å². The number of primary amides is 1. The third-order valence-corrected chi connectivity index (χ3v) is 27.6. The van der Waals surface area contributed by atoms with Gasteiger partial charge in [0.25, 0.3) is 31.9 Å². The van der Waals surface area contributed by atoms with Gasteiger partial charge in [0.2, 0.25) is 5.91 Å². The first-order valence-electron chi connectivity index (χ1n) is 31.9. The van der Waals surface area contributed by atoms with E-state index in [9.17, 15) is 24.0 Å². The van der Waals surface area contributed by atoms with E-state index in [1.165, 1.54) is 48.6 Å². The summed E-state index contributed by atoms with van der Waals surface area (Å²) in [7, 11) is -6.83. The van der Waals surface area contributed by atoms with Crippen molar-refractivity contribution in [3.05, 3.63) is 157 Å². The standard InChI is InChI=1S/C70H85N3O22Si2/c1-15-35-83-59(61(71)78)57-58(95-96(13,14)69(7,8)9)60(68(93-57)84-36-16-2)94-67-52(73-64(81)47-33-25-26-34-48(47)65(73)82)56(89-42(6)77)54(50(91-67)38-86-97(70(10,11)12,43-27-19-17-20-28-43)44-29-21-18-22-30-44)92-66-51(72-62(79)45-31-23-24-32-46(45)63(72)80)55(88-41(5)76)53(87-40(4)75)49(90-66)37-85-39(3)74/h15-34,49-60,66-68H,1-2,35-38H2,3-14H3,(H2,71,78)/t49-,50-,51-,52-,53-,54-,55-,56-,57?,58+,59+,60-,66+,67+,68-/m1/s1. The zero-order valence-electron chi connectivity index (χ0n) is 56.4. The Balaban J connectivity index is 1.33. The molecule has 25 nitrogen and oxygen atoms in total. The topological polar surface area (TPSA) is 306 Å². The van der Waals surface area contributed by atoms with E-state index in [1.54, 1.807) is 12.1 Å². The minimum atomic E-state index is -3.75. The summed E-state index contributed by atoms with van der Waals surface area (Å²) in [4.78, 5) is 130. The van der Waals surface area contributed by atoms with Gasteiger partial charge in [-0.05, 0) is 57.8 Å². The maximum Gasteiger partial charge on any atom is 0.303 e. The smallest absolute Gasteiger partial charge is 0.303 e. The molecule has 2 N–H and O–H groups in total. The van der Waals surface area contributed by atoms with Crippen LogP contribution in [0.3, 0.4) is 0 Å². The Hall–Kier alpha value is -7.94. The quantitative estimate of drug-likeness (QED) is 0.0253. The van der Waals surface area contributed by atoms with Crippen LogP contribution in [0.25, 0.3) is 0 Å². The van der Waals surface area contributed by atoms with E-state index in [-0.39, 0.29) is 35.5 Å². The molecule has 4 aromatic carbocycles. The van der Waals surface area contributed by atoms with Crippen molar-refractivity contribution >= 4 is 80.4 Å². The molecular formula is C70H85N3O22Si2. The minimum absolute atomic E-state index is 0.0722. The molecule has 5 heterocycles. The van der Waals surface area contributed by atoms with Crippen LogP contribution in [0, 0.1) is 0 Å². The molecule has 0 aliphatic carbocycles. The van der Waals surface area contributed by atoms with Gasteiger partial charge in [-0.15, -0.1) is 13.2 Å². The van der Waals surface area contributed by atoms with Gasteiger partial charge in [-0.2, -0.15) is 0 Å². The van der Waals surface area contributed by atoms with Crippen LogP contribution in [-0.4, -0.2) is 198 Å². The normalized spacial score (nSPS) is 27.0. The fourth-order valence-electron chi connectivity index (χ4n) is 12.9. The van der Waals surface area contributed by atoms with Gasteiger partial charge in [0.15, 0.2) is 51.6 Å². The first-order valence-corrected chi connectivity index (χ1v) is 36.7. The van der Waals surface area contributed by atoms with Crippen molar-refractivity contribution < 1.29 is 104 Å². The van der Waals surface area contributed by atoms with Crippen LogP contribution in [0.4, 0.5) is 0 Å². The predicted octanol–water partition coefficient (Wildman–Crippen LogP) is 5.85. The average Bonchev–Trinajstić information content (AvgIpc) is 1.72. The van der Waals surface area contributed by atoms with Crippen LogP contribution >= 0.6 is 0 Å². The fraction of sp³-hybridized carbons (Fsp3) is 0.471. The summed E-state index contributed by atoms with van der Waals surface area (Å²) in [5.41, 5.74) is 5.83. The van der Waals surface area contributed by atoms with Crippen LogP contribution in [-0.2, 0) is 84.9 Å². The lowest BCUT2D eigenvalue weighted by Crippen LogP contribution is -2.72. The Bertz CT molecular complexity index is 3510. The van der Waals surface area contributed by atoms with Crippen LogP contribution < -0.4 is 16.1 Å². The molecule has 0 aromatic heterocycles. The lowest BCUT2D eigenvalue weighted by atomic mass is 9.92. The molecule has 5 aliphatic rings. The van der Waals surface area contributed by atoms with Crippen molar-refractivity contribution in [1.29, 1.82) is 0 Å². The van der Waals surface area contributed by atoms with Gasteiger partial charge < -0.3 is 66.7 Å². The number of rotatable bonds is 26. The molecule has 0 saturated carbocycles. The molecule has 9 rings (SSSR count). The summed E-state index contributed by atoms with van der Waals surface area (Å²) in [5.74, 6) is -8.47. The second-order valence-corrected chi connectivity index (χ2v) is 35.8. The average molecular weight is 1380 g/mol. The molecule has 0 bridgehead atoms. The highest BCUT2D eigenvalue weighted by molar-refractivity contribution is 6.99. The Morgan fingerprint density at radius 1 is 0.526 bits per heavy atom. The summed E-state index contributed by atoms with van der Waals surface area (Å²) in [6.07, 6.45) is -19.7. The van der Waals surface area contributed by atoms with Gasteiger partial charge in [0.1, 0.15) is 55.3 Å². The van der Waals surface area contributed by atoms with Gasteiger partial charge in [-0.25, -0.2) is 0 Å². The Kier molecular flexibility index (Phi) is 22.7. The third-order valence-electron chi connectivity index (χ3n) is 18.1. The molecule has 5 amide bonds. The number of hydrogen-bond donors (Lipinski definition) is 1. The van der Waals surface area contributed by atoms with Gasteiger partial charge in [-0.3, -0.25) is 53.0 Å². The number of imide groups is 2. The van der Waals surface area contributed by atoms with Crippen molar-refractivity contribution in [3.8, 4) is 0 Å². The third kappa shape index (κ3) is 15.1. The first-order chi connectivity index (χ1) is 45.9. The molecule has 3 fully saturated rings. The SMILES string of the molecule is C=CCO[C@@H]1OC([C@H](OCC=C)C(N)=O)[C@H](O[Si](C)(C)C(C)(C)C)[C@H]1O[C@@H]1O[C@H](CO[Si](c2ccccc2)(c2ccccc2)C(C)(C)C)[C@@H](O[C@@H]2O[C@H](COC(C)=O)[C@@H](OC(C)=O)[C@H](OC(C)=O)[C@H]2N2C(=O)c3ccccc3C2=O)[C@H](OC(C)=O)[C@H]1N1C(=O)c2ccccc2C1=O. The molecular weight excluding hydrogens is 1290 g/mol. The molecule has 5 aliphatic heterocycles. The van der Waals surface area contributed by atoms with Gasteiger partial charge >= 0.3 is 23.9 Å². The lowest BCUT2D eigenvalue weighted by molar-refractivity contribution is -0.350. The lowest BCUT2D eigenvalue weighted by Gasteiger charge is -2.52. The highest BCUT2D eigenvalue weighted by Gasteiger charge is 2.65. The summed E-state index contributed by atoms with van der Waals surface area (Å²) < 4.78 is 86.9. The van der Waals surface area contributed by atoms with Crippen LogP contribution in [0.2, 0.25) is 23.2 Å². The van der Waals surface area contributed by atoms with E-state index in [0.717, 1.165) is 47.9 Å². The molecule has 97 heavy (non-hydrogen) atoms. The number of ether oxygens (including phenoxy) is 11. The molecule has 0 spiro atoms. The first kappa shape index (κ1) is 73.3. The Labute approximate surface area is 565 Å². The summed E-state index contributed by atoms with van der Waals surface area (Å²) in [6.45, 7) is 26.1. The molecule has 0 radical (unpaired) electrons. The van der Waals surface area contributed by atoms with E-state index in [1.807, 2.05) is 115 Å². The highest BCUT2D eigenvalue weighted by atomic mass is 28.4.